The van der Waals surface area contributed by atoms with Gasteiger partial charge < -0.3 is 10.6 Å². The summed E-state index contributed by atoms with van der Waals surface area (Å²) >= 11 is 5.80. The van der Waals surface area contributed by atoms with Crippen LogP contribution in [0.3, 0.4) is 0 Å². The second-order valence-corrected chi connectivity index (χ2v) is 6.89. The van der Waals surface area contributed by atoms with Crippen LogP contribution < -0.4 is 10.6 Å². The fourth-order valence-electron chi connectivity index (χ4n) is 1.94. The van der Waals surface area contributed by atoms with Crippen molar-refractivity contribution in [2.45, 2.75) is 4.90 Å². The highest BCUT2D eigenvalue weighted by Gasteiger charge is 2.29. The molecule has 7 heteroatoms. The van der Waals surface area contributed by atoms with Gasteiger partial charge in [0.1, 0.15) is 0 Å². The molecule has 0 amide bonds. The zero-order chi connectivity index (χ0) is 13.3. The Balaban J connectivity index is 2.27. The molecule has 0 spiro atoms. The molecule has 0 atom stereocenters. The number of nitrogen functional groups attached to an aromatic ring is 1. The first-order valence-electron chi connectivity index (χ1n) is 5.78. The number of likely N-dealkylation sites (N-methyl/N-ethyl adjacent to an activating group) is 1. The van der Waals surface area contributed by atoms with Gasteiger partial charge in [0, 0.05) is 0 Å². The third-order valence-corrected chi connectivity index (χ3v) is 5.42. The third kappa shape index (κ3) is 2.61. The van der Waals surface area contributed by atoms with Gasteiger partial charge in [-0.3, -0.25) is 0 Å². The first-order chi connectivity index (χ1) is 8.41. The normalized spacial score (nSPS) is 19.0. The molecular weight excluding hydrogens is 274 g/mol. The summed E-state index contributed by atoms with van der Waals surface area (Å²) in [4.78, 5) is 1.56. The minimum absolute atomic E-state index is 0.212. The van der Waals surface area contributed by atoms with Crippen molar-refractivity contribution in [2.75, 3.05) is 39.0 Å². The van der Waals surface area contributed by atoms with E-state index in [1.165, 1.54) is 27.4 Å². The van der Waals surface area contributed by atoms with Gasteiger partial charge in [0.2, 0.25) is 10.0 Å². The van der Waals surface area contributed by atoms with Gasteiger partial charge in [-0.05, 0) is 18.2 Å². The van der Waals surface area contributed by atoms with Crippen molar-refractivity contribution in [1.29, 1.82) is 0 Å². The number of nitrogens with zero attached hydrogens (tertiary/aromatic N) is 1. The predicted molar refractivity (Wildman–Crippen MR) is 71.2 cm³/mol. The number of halogens is 1. The van der Waals surface area contributed by atoms with E-state index in [4.69, 9.17) is 17.3 Å². The predicted octanol–water partition coefficient (Wildman–Crippen LogP) is -0.559. The number of piperazine rings is 1. The quantitative estimate of drug-likeness (QED) is 0.718. The van der Waals surface area contributed by atoms with Crippen molar-refractivity contribution in [3.05, 3.63) is 23.2 Å². The molecule has 1 fully saturated rings. The Morgan fingerprint density at radius 2 is 1.94 bits per heavy atom. The first-order valence-corrected chi connectivity index (χ1v) is 7.59. The average molecular weight is 291 g/mol. The number of rotatable bonds is 2. The molecule has 1 saturated heterocycles. The number of quaternary nitrogens is 1. The molecule has 100 valence electrons. The number of sulfonamides is 1. The highest BCUT2D eigenvalue weighted by atomic mass is 35.5. The summed E-state index contributed by atoms with van der Waals surface area (Å²) in [5.41, 5.74) is 5.94. The number of nitrogens with two attached hydrogens (primary N) is 1. The van der Waals surface area contributed by atoms with Crippen molar-refractivity contribution in [1.82, 2.24) is 4.31 Å². The SMILES string of the molecule is C[NH+]1CCN(S(=O)(=O)c2ccc(Cl)c(N)c2)CC1. The third-order valence-electron chi connectivity index (χ3n) is 3.18. The minimum atomic E-state index is -3.44. The van der Waals surface area contributed by atoms with E-state index in [0.717, 1.165) is 13.1 Å². The zero-order valence-corrected chi connectivity index (χ0v) is 11.8. The molecule has 0 aliphatic carbocycles. The smallest absolute Gasteiger partial charge is 0.243 e. The second-order valence-electron chi connectivity index (χ2n) is 4.54. The molecule has 18 heavy (non-hydrogen) atoms. The van der Waals surface area contributed by atoms with Gasteiger partial charge in [0.25, 0.3) is 0 Å². The highest BCUT2D eigenvalue weighted by Crippen LogP contribution is 2.24. The Morgan fingerprint density at radius 3 is 2.50 bits per heavy atom. The molecule has 0 bridgehead atoms. The van der Waals surface area contributed by atoms with Crippen LogP contribution in [0.4, 0.5) is 5.69 Å². The molecule has 1 aliphatic heterocycles. The van der Waals surface area contributed by atoms with Crippen LogP contribution in [0.1, 0.15) is 0 Å². The van der Waals surface area contributed by atoms with Gasteiger partial charge in [-0.1, -0.05) is 11.6 Å². The van der Waals surface area contributed by atoms with Gasteiger partial charge in [0.15, 0.2) is 0 Å². The molecule has 0 saturated carbocycles. The first kappa shape index (κ1) is 13.6. The molecule has 1 aliphatic rings. The Labute approximate surface area is 112 Å². The van der Waals surface area contributed by atoms with Crippen LogP contribution in [0, 0.1) is 0 Å². The maximum absolute atomic E-state index is 12.4. The Morgan fingerprint density at radius 1 is 1.33 bits per heavy atom. The fourth-order valence-corrected chi connectivity index (χ4v) is 3.53. The van der Waals surface area contributed by atoms with Crippen molar-refractivity contribution in [3.8, 4) is 0 Å². The molecular formula is C11H17ClN3O2S+. The summed E-state index contributed by atoms with van der Waals surface area (Å²) in [7, 11) is -1.38. The van der Waals surface area contributed by atoms with Gasteiger partial charge in [-0.15, -0.1) is 0 Å². The Hall–Kier alpha value is -0.820. The van der Waals surface area contributed by atoms with Crippen LogP contribution in [0.15, 0.2) is 23.1 Å². The molecule has 1 aromatic carbocycles. The van der Waals surface area contributed by atoms with Crippen molar-refractivity contribution in [2.24, 2.45) is 0 Å². The molecule has 3 N–H and O–H groups in total. The van der Waals surface area contributed by atoms with Crippen molar-refractivity contribution >= 4 is 27.3 Å². The van der Waals surface area contributed by atoms with Crippen LogP contribution >= 0.6 is 11.6 Å². The van der Waals surface area contributed by atoms with Crippen LogP contribution in [-0.2, 0) is 10.0 Å². The van der Waals surface area contributed by atoms with Crippen LogP contribution in [0.2, 0.25) is 5.02 Å². The molecule has 5 nitrogen and oxygen atoms in total. The van der Waals surface area contributed by atoms with Crippen LogP contribution in [0.5, 0.6) is 0 Å². The van der Waals surface area contributed by atoms with E-state index in [1.807, 2.05) is 0 Å². The summed E-state index contributed by atoms with van der Waals surface area (Å²) in [6.45, 7) is 2.72. The number of hydrogen-bond acceptors (Lipinski definition) is 3. The van der Waals surface area contributed by atoms with Crippen LogP contribution in [-0.4, -0.2) is 45.9 Å². The largest absolute Gasteiger partial charge is 0.397 e. The van der Waals surface area contributed by atoms with Crippen LogP contribution in [0.25, 0.3) is 0 Å². The van der Waals surface area contributed by atoms with Crippen molar-refractivity contribution < 1.29 is 13.3 Å². The summed E-state index contributed by atoms with van der Waals surface area (Å²) in [5.74, 6) is 0. The van der Waals surface area contributed by atoms with Gasteiger partial charge in [0.05, 0.1) is 48.8 Å². The Bertz CT molecular complexity index is 539. The van der Waals surface area contributed by atoms with E-state index in [0.29, 0.717) is 18.1 Å². The lowest BCUT2D eigenvalue weighted by Crippen LogP contribution is -3.12. The summed E-state index contributed by atoms with van der Waals surface area (Å²) in [6.07, 6.45) is 0. The number of nitrogens with one attached hydrogen (secondary N) is 1. The fraction of sp³-hybridized carbons (Fsp3) is 0.455. The lowest BCUT2D eigenvalue weighted by Gasteiger charge is -2.29. The maximum atomic E-state index is 12.4. The average Bonchev–Trinajstić information content (AvgIpc) is 2.33. The molecule has 0 radical (unpaired) electrons. The van der Waals surface area contributed by atoms with E-state index in [9.17, 15) is 8.42 Å². The highest BCUT2D eigenvalue weighted by molar-refractivity contribution is 7.89. The van der Waals surface area contributed by atoms with Crippen molar-refractivity contribution in [3.63, 3.8) is 0 Å². The number of benzene rings is 1. The monoisotopic (exact) mass is 290 g/mol. The lowest BCUT2D eigenvalue weighted by molar-refractivity contribution is -0.883. The molecule has 0 unspecified atom stereocenters. The maximum Gasteiger partial charge on any atom is 0.243 e. The number of hydrogen-bond donors (Lipinski definition) is 2. The van der Waals surface area contributed by atoms with E-state index in [1.54, 1.807) is 0 Å². The van der Waals surface area contributed by atoms with E-state index >= 15 is 0 Å². The Kier molecular flexibility index (Phi) is 3.82. The number of anilines is 1. The minimum Gasteiger partial charge on any atom is -0.397 e. The molecule has 2 rings (SSSR count). The summed E-state index contributed by atoms with van der Waals surface area (Å²) < 4.78 is 26.3. The molecule has 0 aromatic heterocycles. The molecule has 1 aromatic rings. The lowest BCUT2D eigenvalue weighted by atomic mass is 10.3. The van der Waals surface area contributed by atoms with Gasteiger partial charge in [-0.2, -0.15) is 4.31 Å². The molecule has 1 heterocycles. The standard InChI is InChI=1S/C11H16ClN3O2S/c1-14-4-6-15(7-5-14)18(16,17)9-2-3-10(12)11(13)8-9/h2-3,8H,4-7,13H2,1H3/p+1. The van der Waals surface area contributed by atoms with Gasteiger partial charge in [-0.25, -0.2) is 8.42 Å². The topological polar surface area (TPSA) is 67.8 Å². The zero-order valence-electron chi connectivity index (χ0n) is 10.2. The summed E-state index contributed by atoms with van der Waals surface area (Å²) in [6, 6.07) is 4.44. The van der Waals surface area contributed by atoms with Gasteiger partial charge >= 0.3 is 0 Å². The van der Waals surface area contributed by atoms with E-state index in [2.05, 4.69) is 7.05 Å². The van der Waals surface area contributed by atoms with E-state index < -0.39 is 10.0 Å². The van der Waals surface area contributed by atoms with E-state index in [-0.39, 0.29) is 10.6 Å². The summed E-state index contributed by atoms with van der Waals surface area (Å²) in [5, 5.41) is 0.372. The second kappa shape index (κ2) is 5.05.